The van der Waals surface area contributed by atoms with Crippen LogP contribution in [0.25, 0.3) is 9.75 Å². The molecule has 0 saturated heterocycles. The Bertz CT molecular complexity index is 1590. The summed E-state index contributed by atoms with van der Waals surface area (Å²) in [4.78, 5) is 2.34. The van der Waals surface area contributed by atoms with Crippen molar-refractivity contribution in [3.05, 3.63) is 40.7 Å². The number of hydrogen-bond donors (Lipinski definition) is 0. The molecule has 1 aliphatic heterocycles. The van der Waals surface area contributed by atoms with Crippen LogP contribution in [0.3, 0.4) is 0 Å². The fourth-order valence-electron chi connectivity index (χ4n) is 11.3. The van der Waals surface area contributed by atoms with Crippen LogP contribution < -0.4 is 16.0 Å². The first-order valence-electron chi connectivity index (χ1n) is 17.5. The second kappa shape index (κ2) is 10.8. The zero-order chi connectivity index (χ0) is 30.4. The second-order valence-electron chi connectivity index (χ2n) is 16.1. The molecule has 8 atom stereocenters. The van der Waals surface area contributed by atoms with Gasteiger partial charge in [-0.05, 0) is 121 Å². The van der Waals surface area contributed by atoms with Gasteiger partial charge in [-0.3, -0.25) is 0 Å². The van der Waals surface area contributed by atoms with E-state index in [1.54, 1.807) is 28.2 Å². The van der Waals surface area contributed by atoms with Gasteiger partial charge in [0.15, 0.2) is 12.6 Å². The molecule has 0 spiro atoms. The summed E-state index contributed by atoms with van der Waals surface area (Å²) in [5, 5.41) is 15.4. The molecule has 236 valence electrons. The highest BCUT2D eigenvalue weighted by Gasteiger charge is 2.59. The highest BCUT2D eigenvalue weighted by molar-refractivity contribution is 7.87. The van der Waals surface area contributed by atoms with Gasteiger partial charge in [-0.2, -0.15) is 0 Å². The summed E-state index contributed by atoms with van der Waals surface area (Å²) < 4.78 is 16.7. The van der Waals surface area contributed by atoms with Crippen molar-refractivity contribution in [3.63, 3.8) is 0 Å². The topological polar surface area (TPSA) is 47.8 Å². The van der Waals surface area contributed by atoms with E-state index in [1.807, 2.05) is 6.20 Å². The van der Waals surface area contributed by atoms with Gasteiger partial charge in [0, 0.05) is 10.6 Å². The number of nitrogens with zero attached hydrogens (tertiary/aromatic N) is 3. The lowest BCUT2D eigenvalue weighted by Crippen LogP contribution is -2.50. The molecule has 44 heavy (non-hydrogen) atoms. The van der Waals surface area contributed by atoms with Gasteiger partial charge in [0.2, 0.25) is 0 Å². The molecule has 0 aromatic carbocycles. The molecule has 4 heterocycles. The molecule has 4 nitrogen and oxygen atoms in total. The van der Waals surface area contributed by atoms with Crippen LogP contribution in [0.15, 0.2) is 40.7 Å². The van der Waals surface area contributed by atoms with Gasteiger partial charge in [0.05, 0.1) is 22.0 Å². The van der Waals surface area contributed by atoms with Crippen LogP contribution in [-0.2, 0) is 4.57 Å². The Morgan fingerprint density at radius 3 is 2.45 bits per heavy atom. The summed E-state index contributed by atoms with van der Waals surface area (Å²) in [6, 6.07) is 4.41. The Kier molecular flexibility index (Phi) is 7.32. The van der Waals surface area contributed by atoms with Crippen molar-refractivity contribution >= 4 is 45.9 Å². The molecular formula is C37H50N3OPS2. The van der Waals surface area contributed by atoms with E-state index in [4.69, 9.17) is 0 Å². The first-order chi connectivity index (χ1) is 21.1. The minimum Gasteiger partial charge on any atom is -0.307 e. The largest absolute Gasteiger partial charge is 0.307 e. The van der Waals surface area contributed by atoms with E-state index >= 15 is 0 Å². The first-order valence-corrected chi connectivity index (χ1v) is 21.0. The Morgan fingerprint density at radius 2 is 1.73 bits per heavy atom. The van der Waals surface area contributed by atoms with Gasteiger partial charge in [0.1, 0.15) is 0 Å². The van der Waals surface area contributed by atoms with E-state index in [9.17, 15) is 4.57 Å². The predicted octanol–water partition coefficient (Wildman–Crippen LogP) is 9.60. The SMILES string of the molecule is CC(C)CCC[C@@H](C)[C@H]1CC[C@H]2[C@@H]3CC=C4C[C@@H](n5cc(P6(=O)c7ccsc7-c7sccc76)nn5)CC[C@]4(C)[C@H]3CC[C@]12C. The lowest BCUT2D eigenvalue weighted by atomic mass is 9.47. The molecule has 3 fully saturated rings. The average molecular weight is 648 g/mol. The molecule has 3 saturated carbocycles. The van der Waals surface area contributed by atoms with Crippen molar-refractivity contribution in [2.45, 2.75) is 111 Å². The van der Waals surface area contributed by atoms with Crippen LogP contribution >= 0.6 is 29.8 Å². The van der Waals surface area contributed by atoms with Crippen molar-refractivity contribution in [1.82, 2.24) is 15.0 Å². The first kappa shape index (κ1) is 29.9. The molecule has 0 radical (unpaired) electrons. The van der Waals surface area contributed by atoms with Gasteiger partial charge in [0.25, 0.3) is 0 Å². The van der Waals surface area contributed by atoms with Gasteiger partial charge in [-0.1, -0.05) is 70.7 Å². The van der Waals surface area contributed by atoms with Crippen molar-refractivity contribution < 1.29 is 4.57 Å². The molecular weight excluding hydrogens is 598 g/mol. The van der Waals surface area contributed by atoms with E-state index in [0.29, 0.717) is 22.3 Å². The maximum absolute atomic E-state index is 14.7. The predicted molar refractivity (Wildman–Crippen MR) is 186 cm³/mol. The fourth-order valence-corrected chi connectivity index (χ4v) is 17.1. The quantitative estimate of drug-likeness (QED) is 0.148. The van der Waals surface area contributed by atoms with Crippen molar-refractivity contribution in [1.29, 1.82) is 0 Å². The molecule has 0 N–H and O–H groups in total. The Labute approximate surface area is 272 Å². The molecule has 8 rings (SSSR count). The van der Waals surface area contributed by atoms with Gasteiger partial charge < -0.3 is 4.57 Å². The smallest absolute Gasteiger partial charge is 0.194 e. The Balaban J connectivity index is 0.999. The van der Waals surface area contributed by atoms with Crippen LogP contribution in [0.2, 0.25) is 0 Å². The van der Waals surface area contributed by atoms with Crippen molar-refractivity contribution in [2.24, 2.45) is 46.3 Å². The highest BCUT2D eigenvalue weighted by atomic mass is 32.1. The average Bonchev–Trinajstić information content (AvgIpc) is 3.82. The minimum atomic E-state index is -2.93. The molecule has 7 heteroatoms. The Morgan fingerprint density at radius 1 is 0.977 bits per heavy atom. The lowest BCUT2D eigenvalue weighted by molar-refractivity contribution is -0.0525. The molecule has 0 bridgehead atoms. The summed E-state index contributed by atoms with van der Waals surface area (Å²) >= 11 is 3.40. The summed E-state index contributed by atoms with van der Waals surface area (Å²) in [6.07, 6.45) is 19.4. The number of thiophene rings is 2. The molecule has 3 aromatic heterocycles. The van der Waals surface area contributed by atoms with Crippen molar-refractivity contribution in [2.75, 3.05) is 0 Å². The van der Waals surface area contributed by atoms with Crippen LogP contribution in [0.5, 0.6) is 0 Å². The zero-order valence-electron chi connectivity index (χ0n) is 27.3. The fraction of sp³-hybridized carbons (Fsp3) is 0.676. The monoisotopic (exact) mass is 647 g/mol. The third-order valence-corrected chi connectivity index (χ3v) is 18.9. The summed E-state index contributed by atoms with van der Waals surface area (Å²) in [7, 11) is -2.93. The zero-order valence-corrected chi connectivity index (χ0v) is 29.8. The summed E-state index contributed by atoms with van der Waals surface area (Å²) in [6.45, 7) is 12.7. The lowest BCUT2D eigenvalue weighted by Gasteiger charge is -2.58. The van der Waals surface area contributed by atoms with Crippen LogP contribution in [0.1, 0.15) is 111 Å². The third kappa shape index (κ3) is 4.28. The van der Waals surface area contributed by atoms with Gasteiger partial charge in [-0.15, -0.1) is 27.8 Å². The number of aromatic nitrogens is 3. The van der Waals surface area contributed by atoms with Crippen molar-refractivity contribution in [3.8, 4) is 9.75 Å². The van der Waals surface area contributed by atoms with E-state index in [-0.39, 0.29) is 0 Å². The standard InChI is InChI=1S/C37H50N3OPS2/c1-23(2)7-6-8-24(3)28-11-12-29-27-10-9-25-21-26(13-17-36(25,4)30(27)14-18-37(28,29)5)40-22-33(38-39-40)42(41)31-15-19-43-34(31)35-32(42)16-20-44-35/h9,15-16,19-20,22-24,26-30H,6-8,10-14,17-18,21H2,1-5H3/t24-,26+,27+,28-,29+,30+,36+,37-/m1/s1. The maximum atomic E-state index is 14.7. The third-order valence-electron chi connectivity index (χ3n) is 13.6. The van der Waals surface area contributed by atoms with E-state index < -0.39 is 7.14 Å². The molecule has 4 aliphatic carbocycles. The van der Waals surface area contributed by atoms with E-state index in [2.05, 4.69) is 78.6 Å². The minimum absolute atomic E-state index is 0.307. The van der Waals surface area contributed by atoms with Crippen LogP contribution in [-0.4, -0.2) is 15.0 Å². The summed E-state index contributed by atoms with van der Waals surface area (Å²) in [5.41, 5.74) is 3.21. The molecule has 3 aromatic rings. The molecule has 5 aliphatic rings. The highest BCUT2D eigenvalue weighted by Crippen LogP contribution is 2.68. The van der Waals surface area contributed by atoms with Crippen LogP contribution in [0.4, 0.5) is 0 Å². The second-order valence-corrected chi connectivity index (χ2v) is 20.6. The Hall–Kier alpha value is -1.49. The number of allylic oxidation sites excluding steroid dienone is 2. The molecule has 0 amide bonds. The van der Waals surface area contributed by atoms with E-state index in [1.165, 1.54) is 67.5 Å². The number of fused-ring (bicyclic) bond motifs is 8. The van der Waals surface area contributed by atoms with Gasteiger partial charge in [-0.25, -0.2) is 4.68 Å². The van der Waals surface area contributed by atoms with E-state index in [0.717, 1.165) is 59.0 Å². The molecule has 0 unspecified atom stereocenters. The summed E-state index contributed by atoms with van der Waals surface area (Å²) in [5.74, 6) is 5.19. The maximum Gasteiger partial charge on any atom is 0.194 e. The number of hydrogen-bond acceptors (Lipinski definition) is 5. The van der Waals surface area contributed by atoms with Crippen LogP contribution in [0, 0.1) is 46.3 Å². The van der Waals surface area contributed by atoms with Gasteiger partial charge >= 0.3 is 0 Å². The number of rotatable bonds is 7. The normalized spacial score (nSPS) is 35.9.